The molecule has 1 aromatic rings. The molecular formula is C27H38F5N3O3S. The van der Waals surface area contributed by atoms with Gasteiger partial charge in [-0.2, -0.15) is 13.2 Å². The van der Waals surface area contributed by atoms with E-state index in [1.54, 1.807) is 0 Å². The number of sulfonamides is 1. The van der Waals surface area contributed by atoms with E-state index in [1.807, 2.05) is 0 Å². The zero-order valence-corrected chi connectivity index (χ0v) is 23.1. The van der Waals surface area contributed by atoms with Crippen molar-refractivity contribution in [2.45, 2.75) is 57.0 Å². The number of halogens is 5. The van der Waals surface area contributed by atoms with Crippen molar-refractivity contribution >= 4 is 15.9 Å². The SMILES string of the molecule is CS(=O)(=O)N1CCC(C(CCN2CCC(C3CCN(C(=O)C(F)(F)F)CC3)CC2)c2cc(F)cc(F)c2)CC1. The van der Waals surface area contributed by atoms with Gasteiger partial charge in [0.1, 0.15) is 11.6 Å². The van der Waals surface area contributed by atoms with Crippen LogP contribution in [0.4, 0.5) is 22.0 Å². The van der Waals surface area contributed by atoms with Crippen molar-refractivity contribution in [3.63, 3.8) is 0 Å². The van der Waals surface area contributed by atoms with E-state index in [-0.39, 0.29) is 24.9 Å². The first-order valence-electron chi connectivity index (χ1n) is 13.8. The van der Waals surface area contributed by atoms with Gasteiger partial charge in [0.05, 0.1) is 6.26 Å². The van der Waals surface area contributed by atoms with Crippen LogP contribution in [0.15, 0.2) is 18.2 Å². The molecule has 3 aliphatic rings. The Labute approximate surface area is 227 Å². The van der Waals surface area contributed by atoms with Crippen LogP contribution >= 0.6 is 0 Å². The van der Waals surface area contributed by atoms with Crippen molar-refractivity contribution in [2.75, 3.05) is 52.1 Å². The molecule has 1 atom stereocenters. The number of likely N-dealkylation sites (tertiary alicyclic amines) is 2. The summed E-state index contributed by atoms with van der Waals surface area (Å²) in [7, 11) is -3.28. The third-order valence-corrected chi connectivity index (χ3v) is 10.3. The Morgan fingerprint density at radius 2 is 1.38 bits per heavy atom. The molecule has 6 nitrogen and oxygen atoms in total. The van der Waals surface area contributed by atoms with Crippen LogP contribution in [0.25, 0.3) is 0 Å². The van der Waals surface area contributed by atoms with Crippen molar-refractivity contribution in [1.29, 1.82) is 0 Å². The predicted molar refractivity (Wildman–Crippen MR) is 137 cm³/mol. The molecule has 3 aliphatic heterocycles. The monoisotopic (exact) mass is 579 g/mol. The van der Waals surface area contributed by atoms with E-state index in [1.165, 1.54) is 22.7 Å². The van der Waals surface area contributed by atoms with Crippen LogP contribution in [-0.4, -0.2) is 86.7 Å². The molecule has 0 N–H and O–H groups in total. The van der Waals surface area contributed by atoms with E-state index >= 15 is 0 Å². The molecule has 3 heterocycles. The van der Waals surface area contributed by atoms with Gasteiger partial charge in [-0.05, 0) is 106 Å². The minimum atomic E-state index is -4.82. The quantitative estimate of drug-likeness (QED) is 0.443. The minimum absolute atomic E-state index is 0.0925. The molecule has 1 amide bonds. The van der Waals surface area contributed by atoms with E-state index in [0.29, 0.717) is 62.6 Å². The molecule has 4 rings (SSSR count). The zero-order valence-electron chi connectivity index (χ0n) is 22.3. The molecule has 0 aromatic heterocycles. The maximum atomic E-state index is 14.1. The van der Waals surface area contributed by atoms with Gasteiger partial charge in [0, 0.05) is 32.2 Å². The van der Waals surface area contributed by atoms with Crippen molar-refractivity contribution in [3.05, 3.63) is 35.4 Å². The lowest BCUT2D eigenvalue weighted by molar-refractivity contribution is -0.187. The normalized spacial score (nSPS) is 22.8. The zero-order chi connectivity index (χ0) is 28.4. The summed E-state index contributed by atoms with van der Waals surface area (Å²) in [4.78, 5) is 14.8. The molecule has 12 heteroatoms. The molecule has 1 aromatic carbocycles. The maximum absolute atomic E-state index is 14.1. The highest BCUT2D eigenvalue weighted by molar-refractivity contribution is 7.88. The van der Waals surface area contributed by atoms with E-state index in [4.69, 9.17) is 0 Å². The predicted octanol–water partition coefficient (Wildman–Crippen LogP) is 4.62. The number of hydrogen-bond acceptors (Lipinski definition) is 4. The van der Waals surface area contributed by atoms with Gasteiger partial charge in [0.15, 0.2) is 0 Å². The Morgan fingerprint density at radius 3 is 1.87 bits per heavy atom. The second-order valence-electron chi connectivity index (χ2n) is 11.4. The summed E-state index contributed by atoms with van der Waals surface area (Å²) in [6, 6.07) is 3.64. The number of alkyl halides is 3. The van der Waals surface area contributed by atoms with Crippen LogP contribution in [-0.2, 0) is 14.8 Å². The highest BCUT2D eigenvalue weighted by atomic mass is 32.2. The second-order valence-corrected chi connectivity index (χ2v) is 13.4. The number of piperidine rings is 3. The highest BCUT2D eigenvalue weighted by Gasteiger charge is 2.44. The average molecular weight is 580 g/mol. The van der Waals surface area contributed by atoms with Crippen LogP contribution < -0.4 is 0 Å². The molecule has 3 saturated heterocycles. The minimum Gasteiger partial charge on any atom is -0.335 e. The number of carbonyl (C=O) groups is 1. The van der Waals surface area contributed by atoms with Crippen LogP contribution in [0, 0.1) is 29.4 Å². The third kappa shape index (κ3) is 7.91. The smallest absolute Gasteiger partial charge is 0.335 e. The fourth-order valence-corrected chi connectivity index (χ4v) is 7.67. The van der Waals surface area contributed by atoms with Crippen LogP contribution in [0.2, 0.25) is 0 Å². The Bertz CT molecular complexity index is 1070. The van der Waals surface area contributed by atoms with Gasteiger partial charge >= 0.3 is 12.1 Å². The largest absolute Gasteiger partial charge is 0.471 e. The second kappa shape index (κ2) is 12.4. The Kier molecular flexibility index (Phi) is 9.58. The first kappa shape index (κ1) is 30.2. The summed E-state index contributed by atoms with van der Waals surface area (Å²) in [5.41, 5.74) is 0.611. The Balaban J connectivity index is 1.30. The van der Waals surface area contributed by atoms with Crippen LogP contribution in [0.5, 0.6) is 0 Å². The molecule has 0 saturated carbocycles. The molecule has 0 aliphatic carbocycles. The fraction of sp³-hybridized carbons (Fsp3) is 0.741. The van der Waals surface area contributed by atoms with E-state index in [0.717, 1.165) is 43.4 Å². The fourth-order valence-electron chi connectivity index (χ4n) is 6.80. The summed E-state index contributed by atoms with van der Waals surface area (Å²) in [5, 5.41) is 0. The van der Waals surface area contributed by atoms with Gasteiger partial charge in [-0.25, -0.2) is 21.5 Å². The topological polar surface area (TPSA) is 60.9 Å². The molecule has 3 fully saturated rings. The number of amides is 1. The lowest BCUT2D eigenvalue weighted by Gasteiger charge is -2.41. The van der Waals surface area contributed by atoms with Crippen LogP contribution in [0.1, 0.15) is 56.4 Å². The van der Waals surface area contributed by atoms with Gasteiger partial charge in [-0.1, -0.05) is 0 Å². The van der Waals surface area contributed by atoms with Gasteiger partial charge in [0.2, 0.25) is 10.0 Å². The lowest BCUT2D eigenvalue weighted by Crippen LogP contribution is -2.47. The molecule has 220 valence electrons. The van der Waals surface area contributed by atoms with Gasteiger partial charge in [0.25, 0.3) is 0 Å². The summed E-state index contributed by atoms with van der Waals surface area (Å²) in [5.74, 6) is -2.23. The molecular weight excluding hydrogens is 541 g/mol. The molecule has 1 unspecified atom stereocenters. The van der Waals surface area contributed by atoms with E-state index < -0.39 is 33.7 Å². The Hall–Kier alpha value is -1.79. The summed E-state index contributed by atoms with van der Waals surface area (Å²) in [6.45, 7) is 3.54. The van der Waals surface area contributed by atoms with Gasteiger partial charge < -0.3 is 9.80 Å². The average Bonchev–Trinajstić information content (AvgIpc) is 2.87. The lowest BCUT2D eigenvalue weighted by atomic mass is 9.77. The van der Waals surface area contributed by atoms with Crippen LogP contribution in [0.3, 0.4) is 0 Å². The van der Waals surface area contributed by atoms with Crippen molar-refractivity contribution in [1.82, 2.24) is 14.1 Å². The highest BCUT2D eigenvalue weighted by Crippen LogP contribution is 2.38. The van der Waals surface area contributed by atoms with Gasteiger partial charge in [-0.15, -0.1) is 0 Å². The molecule has 39 heavy (non-hydrogen) atoms. The summed E-state index contributed by atoms with van der Waals surface area (Å²) in [6.07, 6.45) is 1.39. The summed E-state index contributed by atoms with van der Waals surface area (Å²) < 4.78 is 91.7. The number of benzene rings is 1. The summed E-state index contributed by atoms with van der Waals surface area (Å²) >= 11 is 0. The van der Waals surface area contributed by atoms with Crippen molar-refractivity contribution in [3.8, 4) is 0 Å². The Morgan fingerprint density at radius 1 is 0.872 bits per heavy atom. The molecule has 0 bridgehead atoms. The van der Waals surface area contributed by atoms with Gasteiger partial charge in [-0.3, -0.25) is 4.79 Å². The number of rotatable bonds is 7. The first-order chi connectivity index (χ1) is 18.3. The van der Waals surface area contributed by atoms with E-state index in [9.17, 15) is 35.2 Å². The first-order valence-corrected chi connectivity index (χ1v) is 15.7. The number of nitrogens with zero attached hydrogens (tertiary/aromatic N) is 3. The number of hydrogen-bond donors (Lipinski definition) is 0. The molecule has 0 radical (unpaired) electrons. The standard InChI is InChI=1S/C27H38F5N3O3S/c1-39(37,38)35-14-6-21(7-15-35)25(22-16-23(28)18-24(29)17-22)8-11-33-9-2-19(3-10-33)20-4-12-34(13-5-20)26(36)27(30,31)32/h16-21,25H,2-15H2,1H3. The van der Waals surface area contributed by atoms with E-state index in [2.05, 4.69) is 4.90 Å². The van der Waals surface area contributed by atoms with Crippen molar-refractivity contribution < 1.29 is 35.2 Å². The van der Waals surface area contributed by atoms with Crippen molar-refractivity contribution in [2.24, 2.45) is 17.8 Å². The third-order valence-electron chi connectivity index (χ3n) is 8.97. The number of carbonyl (C=O) groups excluding carboxylic acids is 1. The molecule has 0 spiro atoms. The maximum Gasteiger partial charge on any atom is 0.471 e.